The third kappa shape index (κ3) is 2.50. The molecule has 108 valence electrons. The van der Waals surface area contributed by atoms with Gasteiger partial charge in [-0.1, -0.05) is 24.3 Å². The Balaban J connectivity index is 1.97. The number of carbonyl (C=O) groups is 1. The van der Waals surface area contributed by atoms with Crippen molar-refractivity contribution >= 4 is 17.3 Å². The summed E-state index contributed by atoms with van der Waals surface area (Å²) in [4.78, 5) is 11.3. The van der Waals surface area contributed by atoms with Gasteiger partial charge in [0.15, 0.2) is 0 Å². The fraction of sp³-hybridized carbons (Fsp3) is 0.188. The van der Waals surface area contributed by atoms with E-state index in [-0.39, 0.29) is 11.6 Å². The van der Waals surface area contributed by atoms with E-state index in [0.29, 0.717) is 18.0 Å². The number of aromatic carboxylic acids is 1. The van der Waals surface area contributed by atoms with Crippen molar-refractivity contribution in [2.45, 2.75) is 12.5 Å². The molecule has 0 radical (unpaired) electrons. The van der Waals surface area contributed by atoms with Crippen LogP contribution < -0.4 is 15.8 Å². The molecule has 0 aromatic heterocycles. The molecule has 3 rings (SSSR count). The minimum absolute atomic E-state index is 0.0160. The van der Waals surface area contributed by atoms with E-state index >= 15 is 0 Å². The Kier molecular flexibility index (Phi) is 3.39. The zero-order chi connectivity index (χ0) is 14.8. The SMILES string of the molecule is Nc1cccc(C(=O)O)c1NC1CCOc2ccccc21. The summed E-state index contributed by atoms with van der Waals surface area (Å²) in [5, 5.41) is 12.6. The number of anilines is 2. The largest absolute Gasteiger partial charge is 0.493 e. The average molecular weight is 284 g/mol. The van der Waals surface area contributed by atoms with Crippen molar-refractivity contribution in [3.8, 4) is 5.75 Å². The van der Waals surface area contributed by atoms with Gasteiger partial charge in [0, 0.05) is 12.0 Å². The third-order valence-corrected chi connectivity index (χ3v) is 3.60. The number of hydrogen-bond donors (Lipinski definition) is 3. The molecule has 4 N–H and O–H groups in total. The van der Waals surface area contributed by atoms with Crippen molar-refractivity contribution in [1.29, 1.82) is 0 Å². The summed E-state index contributed by atoms with van der Waals surface area (Å²) in [5.41, 5.74) is 8.03. The highest BCUT2D eigenvalue weighted by Crippen LogP contribution is 2.36. The Morgan fingerprint density at radius 3 is 2.86 bits per heavy atom. The van der Waals surface area contributed by atoms with Gasteiger partial charge in [-0.15, -0.1) is 0 Å². The lowest BCUT2D eigenvalue weighted by molar-refractivity contribution is 0.0698. The van der Waals surface area contributed by atoms with Gasteiger partial charge in [0.1, 0.15) is 5.75 Å². The molecule has 0 saturated heterocycles. The predicted octanol–water partition coefficient (Wildman–Crippen LogP) is 2.90. The van der Waals surface area contributed by atoms with Crippen molar-refractivity contribution in [2.75, 3.05) is 17.7 Å². The maximum absolute atomic E-state index is 11.3. The van der Waals surface area contributed by atoms with Gasteiger partial charge in [-0.25, -0.2) is 4.79 Å². The summed E-state index contributed by atoms with van der Waals surface area (Å²) < 4.78 is 5.61. The van der Waals surface area contributed by atoms with Crippen molar-refractivity contribution in [1.82, 2.24) is 0 Å². The molecule has 0 fully saturated rings. The minimum Gasteiger partial charge on any atom is -0.493 e. The maximum atomic E-state index is 11.3. The fourth-order valence-corrected chi connectivity index (χ4v) is 2.58. The molecular weight excluding hydrogens is 268 g/mol. The molecule has 1 aliphatic heterocycles. The van der Waals surface area contributed by atoms with Crippen molar-refractivity contribution in [3.63, 3.8) is 0 Å². The van der Waals surface area contributed by atoms with Crippen LogP contribution >= 0.6 is 0 Å². The van der Waals surface area contributed by atoms with Crippen LogP contribution in [0.4, 0.5) is 11.4 Å². The standard InChI is InChI=1S/C16H16N2O3/c17-12-6-3-5-11(16(19)20)15(12)18-13-8-9-21-14-7-2-1-4-10(13)14/h1-7,13,18H,8-9,17H2,(H,19,20). The second kappa shape index (κ2) is 5.36. The van der Waals surface area contributed by atoms with E-state index in [1.807, 2.05) is 24.3 Å². The molecule has 21 heavy (non-hydrogen) atoms. The Hall–Kier alpha value is -2.69. The lowest BCUT2D eigenvalue weighted by Crippen LogP contribution is -2.22. The molecule has 1 heterocycles. The van der Waals surface area contributed by atoms with Gasteiger partial charge in [0.2, 0.25) is 0 Å². The highest BCUT2D eigenvalue weighted by atomic mass is 16.5. The monoisotopic (exact) mass is 284 g/mol. The first kappa shape index (κ1) is 13.3. The van der Waals surface area contributed by atoms with Gasteiger partial charge in [-0.3, -0.25) is 0 Å². The number of hydrogen-bond acceptors (Lipinski definition) is 4. The molecule has 0 spiro atoms. The van der Waals surface area contributed by atoms with Crippen molar-refractivity contribution in [2.24, 2.45) is 0 Å². The van der Waals surface area contributed by atoms with Crippen LogP contribution in [0.3, 0.4) is 0 Å². The Bertz CT molecular complexity index is 685. The van der Waals surface area contributed by atoms with E-state index < -0.39 is 5.97 Å². The lowest BCUT2D eigenvalue weighted by atomic mass is 9.99. The number of nitrogens with one attached hydrogen (secondary N) is 1. The van der Waals surface area contributed by atoms with Gasteiger partial charge in [0.05, 0.1) is 29.6 Å². The molecule has 0 saturated carbocycles. The molecule has 1 aliphatic rings. The predicted molar refractivity (Wildman–Crippen MR) is 80.7 cm³/mol. The summed E-state index contributed by atoms with van der Waals surface area (Å²) in [5.74, 6) is -0.169. The first-order chi connectivity index (χ1) is 10.2. The molecular formula is C16H16N2O3. The molecule has 1 atom stereocenters. The molecule has 5 heteroatoms. The van der Waals surface area contributed by atoms with Crippen LogP contribution in [0.2, 0.25) is 0 Å². The van der Waals surface area contributed by atoms with E-state index in [2.05, 4.69) is 5.32 Å². The minimum atomic E-state index is -0.995. The zero-order valence-electron chi connectivity index (χ0n) is 11.4. The first-order valence-corrected chi connectivity index (χ1v) is 6.77. The van der Waals surface area contributed by atoms with E-state index in [4.69, 9.17) is 10.5 Å². The maximum Gasteiger partial charge on any atom is 0.337 e. The van der Waals surface area contributed by atoms with E-state index in [1.165, 1.54) is 0 Å². The summed E-state index contributed by atoms with van der Waals surface area (Å²) >= 11 is 0. The number of para-hydroxylation sites is 2. The van der Waals surface area contributed by atoms with Gasteiger partial charge in [-0.2, -0.15) is 0 Å². The molecule has 2 aromatic carbocycles. The van der Waals surface area contributed by atoms with Gasteiger partial charge in [0.25, 0.3) is 0 Å². The highest BCUT2D eigenvalue weighted by Gasteiger charge is 2.23. The Labute approximate surface area is 122 Å². The second-order valence-electron chi connectivity index (χ2n) is 4.95. The Morgan fingerprint density at radius 1 is 1.24 bits per heavy atom. The quantitative estimate of drug-likeness (QED) is 0.755. The normalized spacial score (nSPS) is 16.7. The average Bonchev–Trinajstić information content (AvgIpc) is 2.49. The van der Waals surface area contributed by atoms with E-state index in [1.54, 1.807) is 18.2 Å². The number of fused-ring (bicyclic) bond motifs is 1. The summed E-state index contributed by atoms with van der Waals surface area (Å²) in [6.07, 6.45) is 0.754. The number of rotatable bonds is 3. The number of nitrogens with two attached hydrogens (primary N) is 1. The molecule has 2 aromatic rings. The number of nitrogen functional groups attached to an aromatic ring is 1. The molecule has 5 nitrogen and oxygen atoms in total. The smallest absolute Gasteiger partial charge is 0.337 e. The van der Waals surface area contributed by atoms with Gasteiger partial charge >= 0.3 is 5.97 Å². The Morgan fingerprint density at radius 2 is 2.05 bits per heavy atom. The van der Waals surface area contributed by atoms with E-state index in [0.717, 1.165) is 17.7 Å². The summed E-state index contributed by atoms with van der Waals surface area (Å²) in [6, 6.07) is 12.6. The van der Waals surface area contributed by atoms with Gasteiger partial charge < -0.3 is 20.9 Å². The number of ether oxygens (including phenoxy) is 1. The molecule has 0 amide bonds. The van der Waals surface area contributed by atoms with E-state index in [9.17, 15) is 9.90 Å². The van der Waals surface area contributed by atoms with Crippen LogP contribution in [0.1, 0.15) is 28.4 Å². The molecule has 0 aliphatic carbocycles. The highest BCUT2D eigenvalue weighted by molar-refractivity contribution is 5.97. The molecule has 1 unspecified atom stereocenters. The van der Waals surface area contributed by atoms with Crippen LogP contribution in [0.5, 0.6) is 5.75 Å². The number of carboxylic acids is 1. The van der Waals surface area contributed by atoms with Gasteiger partial charge in [-0.05, 0) is 18.2 Å². The van der Waals surface area contributed by atoms with Crippen molar-refractivity contribution < 1.29 is 14.6 Å². The van der Waals surface area contributed by atoms with Crippen LogP contribution in [0.15, 0.2) is 42.5 Å². The summed E-state index contributed by atoms with van der Waals surface area (Å²) in [7, 11) is 0. The zero-order valence-corrected chi connectivity index (χ0v) is 11.4. The number of carboxylic acid groups (broad SMARTS) is 1. The number of benzene rings is 2. The lowest BCUT2D eigenvalue weighted by Gasteiger charge is -2.28. The third-order valence-electron chi connectivity index (χ3n) is 3.60. The fourth-order valence-electron chi connectivity index (χ4n) is 2.58. The van der Waals surface area contributed by atoms with Crippen LogP contribution in [0, 0.1) is 0 Å². The van der Waals surface area contributed by atoms with Crippen LogP contribution in [0.25, 0.3) is 0 Å². The first-order valence-electron chi connectivity index (χ1n) is 6.77. The van der Waals surface area contributed by atoms with Crippen LogP contribution in [-0.2, 0) is 0 Å². The second-order valence-corrected chi connectivity index (χ2v) is 4.95. The summed E-state index contributed by atoms with van der Waals surface area (Å²) in [6.45, 7) is 0.587. The topological polar surface area (TPSA) is 84.6 Å². The molecule has 0 bridgehead atoms. The van der Waals surface area contributed by atoms with Crippen molar-refractivity contribution in [3.05, 3.63) is 53.6 Å². The van der Waals surface area contributed by atoms with Crippen LogP contribution in [-0.4, -0.2) is 17.7 Å².